The molecule has 8 heteroatoms. The summed E-state index contributed by atoms with van der Waals surface area (Å²) in [4.78, 5) is 38.2. The van der Waals surface area contributed by atoms with E-state index in [-0.39, 0.29) is 11.8 Å². The standard InChI is InChI=1S/C19H29N5O3/c1-19(2,15(25)7-10-24-16(26)5-3-6-17(24)27)23-13-11-22(12-14-23)18-20-8-4-9-21-18/h4,8-9,15,25H,3,5-7,10-14H2,1-2H3. The lowest BCUT2D eigenvalue weighted by atomic mass is 9.91. The van der Waals surface area contributed by atoms with E-state index in [2.05, 4.69) is 19.8 Å². The van der Waals surface area contributed by atoms with Crippen LogP contribution in [0.2, 0.25) is 0 Å². The van der Waals surface area contributed by atoms with Crippen molar-refractivity contribution in [3.8, 4) is 0 Å². The molecule has 2 aliphatic heterocycles. The van der Waals surface area contributed by atoms with E-state index in [0.29, 0.717) is 32.2 Å². The summed E-state index contributed by atoms with van der Waals surface area (Å²) in [5.41, 5.74) is -0.439. The summed E-state index contributed by atoms with van der Waals surface area (Å²) in [6.07, 6.45) is 4.74. The number of hydrogen-bond acceptors (Lipinski definition) is 7. The van der Waals surface area contributed by atoms with Gasteiger partial charge in [-0.15, -0.1) is 0 Å². The Bertz CT molecular complexity index is 643. The monoisotopic (exact) mass is 375 g/mol. The Kier molecular flexibility index (Phi) is 6.06. The molecule has 0 radical (unpaired) electrons. The lowest BCUT2D eigenvalue weighted by molar-refractivity contribution is -0.148. The normalized spacial score (nSPS) is 20.9. The van der Waals surface area contributed by atoms with Crippen LogP contribution in [0.5, 0.6) is 0 Å². The number of hydrogen-bond donors (Lipinski definition) is 1. The molecule has 2 amide bonds. The van der Waals surface area contributed by atoms with Gasteiger partial charge in [-0.3, -0.25) is 19.4 Å². The van der Waals surface area contributed by atoms with Crippen molar-refractivity contribution in [1.82, 2.24) is 19.8 Å². The molecule has 1 aromatic rings. The summed E-state index contributed by atoms with van der Waals surface area (Å²) in [7, 11) is 0. The van der Waals surface area contributed by atoms with Gasteiger partial charge >= 0.3 is 0 Å². The number of carbonyl (C=O) groups excluding carboxylic acids is 2. The van der Waals surface area contributed by atoms with Crippen LogP contribution in [-0.2, 0) is 9.59 Å². The first-order valence-corrected chi connectivity index (χ1v) is 9.68. The zero-order chi connectivity index (χ0) is 19.4. The lowest BCUT2D eigenvalue weighted by Crippen LogP contribution is -2.60. The highest BCUT2D eigenvalue weighted by molar-refractivity contribution is 5.97. The molecule has 8 nitrogen and oxygen atoms in total. The third-order valence-corrected chi connectivity index (χ3v) is 5.75. The number of nitrogens with zero attached hydrogens (tertiary/aromatic N) is 5. The fourth-order valence-electron chi connectivity index (χ4n) is 3.80. The van der Waals surface area contributed by atoms with Crippen molar-refractivity contribution >= 4 is 17.8 Å². The summed E-state index contributed by atoms with van der Waals surface area (Å²) in [6.45, 7) is 7.51. The van der Waals surface area contributed by atoms with Crippen LogP contribution in [0.25, 0.3) is 0 Å². The predicted molar refractivity (Wildman–Crippen MR) is 101 cm³/mol. The molecule has 148 valence electrons. The zero-order valence-electron chi connectivity index (χ0n) is 16.2. The molecule has 2 aliphatic rings. The molecule has 1 unspecified atom stereocenters. The number of aliphatic hydroxyl groups excluding tert-OH is 1. The zero-order valence-corrected chi connectivity index (χ0v) is 16.2. The maximum absolute atomic E-state index is 11.9. The molecular formula is C19H29N5O3. The molecule has 1 atom stereocenters. The number of aromatic nitrogens is 2. The van der Waals surface area contributed by atoms with Gasteiger partial charge in [-0.05, 0) is 32.8 Å². The van der Waals surface area contributed by atoms with Gasteiger partial charge in [0.25, 0.3) is 0 Å². The van der Waals surface area contributed by atoms with Gasteiger partial charge < -0.3 is 10.0 Å². The van der Waals surface area contributed by atoms with Gasteiger partial charge in [-0.1, -0.05) is 0 Å². The van der Waals surface area contributed by atoms with Gasteiger partial charge in [0, 0.05) is 63.5 Å². The summed E-state index contributed by atoms with van der Waals surface area (Å²) in [6, 6.07) is 1.80. The molecule has 1 aromatic heterocycles. The van der Waals surface area contributed by atoms with Crippen LogP contribution in [-0.4, -0.2) is 81.1 Å². The van der Waals surface area contributed by atoms with Crippen molar-refractivity contribution < 1.29 is 14.7 Å². The Morgan fingerprint density at radius 3 is 2.26 bits per heavy atom. The van der Waals surface area contributed by atoms with E-state index in [4.69, 9.17) is 0 Å². The molecule has 3 rings (SSSR count). The summed E-state index contributed by atoms with van der Waals surface area (Å²) >= 11 is 0. The minimum absolute atomic E-state index is 0.118. The minimum Gasteiger partial charge on any atom is -0.391 e. The first kappa shape index (κ1) is 19.7. The molecule has 0 saturated carbocycles. The van der Waals surface area contributed by atoms with Gasteiger partial charge in [0.1, 0.15) is 0 Å². The molecule has 2 fully saturated rings. The van der Waals surface area contributed by atoms with Crippen molar-refractivity contribution in [3.63, 3.8) is 0 Å². The van der Waals surface area contributed by atoms with E-state index in [1.54, 1.807) is 18.5 Å². The van der Waals surface area contributed by atoms with Crippen LogP contribution < -0.4 is 4.90 Å². The number of piperazine rings is 1. The van der Waals surface area contributed by atoms with Gasteiger partial charge in [0.15, 0.2) is 0 Å². The topological polar surface area (TPSA) is 89.9 Å². The number of likely N-dealkylation sites (tertiary alicyclic amines) is 1. The predicted octanol–water partition coefficient (Wildman–Crippen LogP) is 0.667. The molecule has 27 heavy (non-hydrogen) atoms. The van der Waals surface area contributed by atoms with Crippen LogP contribution in [0, 0.1) is 0 Å². The molecule has 2 saturated heterocycles. The smallest absolute Gasteiger partial charge is 0.229 e. The fourth-order valence-corrected chi connectivity index (χ4v) is 3.80. The van der Waals surface area contributed by atoms with Gasteiger partial charge in [-0.25, -0.2) is 9.97 Å². The molecule has 0 bridgehead atoms. The quantitative estimate of drug-likeness (QED) is 0.731. The molecule has 3 heterocycles. The number of piperidine rings is 1. The summed E-state index contributed by atoms with van der Waals surface area (Å²) in [5.74, 6) is 0.498. The van der Waals surface area contributed by atoms with Crippen molar-refractivity contribution in [3.05, 3.63) is 18.5 Å². The molecule has 1 N–H and O–H groups in total. The highest BCUT2D eigenvalue weighted by atomic mass is 16.3. The van der Waals surface area contributed by atoms with Crippen LogP contribution in [0.4, 0.5) is 5.95 Å². The number of anilines is 1. The van der Waals surface area contributed by atoms with Crippen LogP contribution in [0.3, 0.4) is 0 Å². The molecular weight excluding hydrogens is 346 g/mol. The van der Waals surface area contributed by atoms with E-state index in [9.17, 15) is 14.7 Å². The van der Waals surface area contributed by atoms with Gasteiger partial charge in [-0.2, -0.15) is 0 Å². The summed E-state index contributed by atoms with van der Waals surface area (Å²) in [5, 5.41) is 10.8. The largest absolute Gasteiger partial charge is 0.391 e. The molecule has 0 aliphatic carbocycles. The van der Waals surface area contributed by atoms with Crippen molar-refractivity contribution in [2.75, 3.05) is 37.6 Å². The van der Waals surface area contributed by atoms with E-state index in [0.717, 1.165) is 32.1 Å². The van der Waals surface area contributed by atoms with Crippen molar-refractivity contribution in [2.45, 2.75) is 51.2 Å². The highest BCUT2D eigenvalue weighted by Crippen LogP contribution is 2.25. The second-order valence-electron chi connectivity index (χ2n) is 7.77. The van der Waals surface area contributed by atoms with Gasteiger partial charge in [0.05, 0.1) is 6.10 Å². The highest BCUT2D eigenvalue weighted by Gasteiger charge is 2.37. The van der Waals surface area contributed by atoms with Crippen molar-refractivity contribution in [2.24, 2.45) is 0 Å². The molecule has 0 aromatic carbocycles. The third kappa shape index (κ3) is 4.44. The number of amides is 2. The van der Waals surface area contributed by atoms with E-state index in [1.807, 2.05) is 13.8 Å². The second kappa shape index (κ2) is 8.31. The third-order valence-electron chi connectivity index (χ3n) is 5.75. The average molecular weight is 375 g/mol. The van der Waals surface area contributed by atoms with Crippen LogP contribution >= 0.6 is 0 Å². The molecule has 0 spiro atoms. The average Bonchev–Trinajstić information content (AvgIpc) is 2.68. The first-order chi connectivity index (χ1) is 12.9. The number of carbonyl (C=O) groups is 2. The Labute approximate surface area is 160 Å². The maximum Gasteiger partial charge on any atom is 0.229 e. The van der Waals surface area contributed by atoms with E-state index < -0.39 is 11.6 Å². The number of aliphatic hydroxyl groups is 1. The SMILES string of the molecule is CC(C)(C(O)CCN1C(=O)CCCC1=O)N1CCN(c2ncccn2)CC1. The Hall–Kier alpha value is -2.06. The maximum atomic E-state index is 11.9. The Balaban J connectivity index is 1.53. The van der Waals surface area contributed by atoms with Gasteiger partial charge in [0.2, 0.25) is 17.8 Å². The van der Waals surface area contributed by atoms with Crippen molar-refractivity contribution in [1.29, 1.82) is 0 Å². The van der Waals surface area contributed by atoms with Crippen LogP contribution in [0.1, 0.15) is 39.5 Å². The Morgan fingerprint density at radius 1 is 1.07 bits per heavy atom. The van der Waals surface area contributed by atoms with Crippen LogP contribution in [0.15, 0.2) is 18.5 Å². The Morgan fingerprint density at radius 2 is 1.67 bits per heavy atom. The first-order valence-electron chi connectivity index (χ1n) is 9.68. The fraction of sp³-hybridized carbons (Fsp3) is 0.684. The second-order valence-corrected chi connectivity index (χ2v) is 7.77. The van der Waals surface area contributed by atoms with E-state index in [1.165, 1.54) is 4.90 Å². The lowest BCUT2D eigenvalue weighted by Gasteiger charge is -2.46. The number of rotatable bonds is 6. The summed E-state index contributed by atoms with van der Waals surface area (Å²) < 4.78 is 0. The number of imide groups is 1. The minimum atomic E-state index is -0.625. The van der Waals surface area contributed by atoms with E-state index >= 15 is 0 Å².